The van der Waals surface area contributed by atoms with E-state index in [1.165, 1.54) is 6.33 Å². The molecule has 0 unspecified atom stereocenters. The van der Waals surface area contributed by atoms with Crippen LogP contribution >= 0.6 is 11.6 Å². The highest BCUT2D eigenvalue weighted by Gasteiger charge is 2.20. The third kappa shape index (κ3) is 2.45. The normalized spacial score (nSPS) is 17.8. The summed E-state index contributed by atoms with van der Waals surface area (Å²) in [7, 11) is 0. The monoisotopic (exact) mass is 294 g/mol. The summed E-state index contributed by atoms with van der Waals surface area (Å²) >= 11 is 6.17. The van der Waals surface area contributed by atoms with Gasteiger partial charge in [-0.05, 0) is 26.3 Å². The van der Waals surface area contributed by atoms with Gasteiger partial charge in [0.1, 0.15) is 17.3 Å². The Morgan fingerprint density at radius 1 is 1.40 bits per heavy atom. The Labute approximate surface area is 123 Å². The molecule has 1 fully saturated rings. The molecule has 0 saturated carbocycles. The number of aromatic nitrogens is 4. The Morgan fingerprint density at radius 3 is 2.85 bits per heavy atom. The standard InChI is InChI=1S/C13H19ClN6/c1-3-19-6-4-10(5-7-19)17-12-9(2)11(14)18-13-15-8-16-20(12)13/h8,10,17H,3-7H2,1-2H3. The van der Waals surface area contributed by atoms with E-state index in [1.54, 1.807) is 4.52 Å². The van der Waals surface area contributed by atoms with Crippen molar-refractivity contribution in [3.8, 4) is 0 Å². The molecule has 3 rings (SSSR count). The molecule has 1 aliphatic rings. The fourth-order valence-electron chi connectivity index (χ4n) is 2.65. The molecular weight excluding hydrogens is 276 g/mol. The fourth-order valence-corrected chi connectivity index (χ4v) is 2.82. The molecule has 1 saturated heterocycles. The SMILES string of the molecule is CCN1CCC(Nc2c(C)c(Cl)nc3ncnn23)CC1. The van der Waals surface area contributed by atoms with Gasteiger partial charge in [-0.15, -0.1) is 0 Å². The Morgan fingerprint density at radius 2 is 2.15 bits per heavy atom. The summed E-state index contributed by atoms with van der Waals surface area (Å²) in [5, 5.41) is 8.29. The maximum absolute atomic E-state index is 6.17. The number of hydrogen-bond acceptors (Lipinski definition) is 5. The van der Waals surface area contributed by atoms with Crippen LogP contribution < -0.4 is 5.32 Å². The van der Waals surface area contributed by atoms with Gasteiger partial charge in [-0.3, -0.25) is 0 Å². The van der Waals surface area contributed by atoms with Crippen molar-refractivity contribution in [3.63, 3.8) is 0 Å². The highest BCUT2D eigenvalue weighted by molar-refractivity contribution is 6.30. The molecule has 0 bridgehead atoms. The Kier molecular flexibility index (Phi) is 3.76. The molecule has 6 nitrogen and oxygen atoms in total. The van der Waals surface area contributed by atoms with Crippen molar-refractivity contribution in [1.82, 2.24) is 24.5 Å². The molecule has 0 radical (unpaired) electrons. The summed E-state index contributed by atoms with van der Waals surface area (Å²) in [4.78, 5) is 10.8. The average Bonchev–Trinajstić information content (AvgIpc) is 2.92. The van der Waals surface area contributed by atoms with Crippen LogP contribution in [0.15, 0.2) is 6.33 Å². The first-order valence-corrected chi connectivity index (χ1v) is 7.41. The number of likely N-dealkylation sites (tertiary alicyclic amines) is 1. The minimum Gasteiger partial charge on any atom is -0.367 e. The minimum atomic E-state index is 0.447. The lowest BCUT2D eigenvalue weighted by molar-refractivity contribution is 0.229. The first-order chi connectivity index (χ1) is 9.69. The van der Waals surface area contributed by atoms with E-state index in [0.717, 1.165) is 43.9 Å². The van der Waals surface area contributed by atoms with E-state index in [4.69, 9.17) is 11.6 Å². The van der Waals surface area contributed by atoms with Crippen molar-refractivity contribution >= 4 is 23.2 Å². The van der Waals surface area contributed by atoms with Crippen LogP contribution in [0, 0.1) is 6.92 Å². The van der Waals surface area contributed by atoms with E-state index < -0.39 is 0 Å². The predicted molar refractivity (Wildman–Crippen MR) is 79.3 cm³/mol. The number of fused-ring (bicyclic) bond motifs is 1. The second-order valence-corrected chi connectivity index (χ2v) is 5.56. The van der Waals surface area contributed by atoms with E-state index in [-0.39, 0.29) is 0 Å². The molecule has 0 aromatic carbocycles. The molecule has 108 valence electrons. The van der Waals surface area contributed by atoms with Crippen LogP contribution in [0.4, 0.5) is 5.82 Å². The van der Waals surface area contributed by atoms with Crippen molar-refractivity contribution in [2.45, 2.75) is 32.7 Å². The third-order valence-corrected chi connectivity index (χ3v) is 4.35. The van der Waals surface area contributed by atoms with E-state index >= 15 is 0 Å². The lowest BCUT2D eigenvalue weighted by atomic mass is 10.0. The number of nitrogens with zero attached hydrogens (tertiary/aromatic N) is 5. The molecule has 2 aromatic rings. The lowest BCUT2D eigenvalue weighted by Crippen LogP contribution is -2.39. The minimum absolute atomic E-state index is 0.447. The maximum Gasteiger partial charge on any atom is 0.255 e. The van der Waals surface area contributed by atoms with Gasteiger partial charge in [0, 0.05) is 24.7 Å². The molecule has 1 aliphatic heterocycles. The third-order valence-electron chi connectivity index (χ3n) is 3.98. The van der Waals surface area contributed by atoms with Crippen LogP contribution in [0.5, 0.6) is 0 Å². The van der Waals surface area contributed by atoms with E-state index in [9.17, 15) is 0 Å². The summed E-state index contributed by atoms with van der Waals surface area (Å²) in [5.74, 6) is 1.45. The number of anilines is 1. The smallest absolute Gasteiger partial charge is 0.255 e. The van der Waals surface area contributed by atoms with Crippen LogP contribution in [0.3, 0.4) is 0 Å². The molecular formula is C13H19ClN6. The number of piperidine rings is 1. The van der Waals surface area contributed by atoms with E-state index in [1.807, 2.05) is 6.92 Å². The molecule has 2 aromatic heterocycles. The van der Waals surface area contributed by atoms with Crippen molar-refractivity contribution < 1.29 is 0 Å². The summed E-state index contributed by atoms with van der Waals surface area (Å²) in [5.41, 5.74) is 0.919. The molecule has 20 heavy (non-hydrogen) atoms. The van der Waals surface area contributed by atoms with Crippen LogP contribution in [0.25, 0.3) is 5.78 Å². The second kappa shape index (κ2) is 5.54. The topological polar surface area (TPSA) is 58.3 Å². The van der Waals surface area contributed by atoms with Crippen molar-refractivity contribution in [2.24, 2.45) is 0 Å². The molecule has 3 heterocycles. The van der Waals surface area contributed by atoms with Gasteiger partial charge in [0.2, 0.25) is 0 Å². The predicted octanol–water partition coefficient (Wildman–Crippen LogP) is 1.98. The summed E-state index contributed by atoms with van der Waals surface area (Å²) in [6.07, 6.45) is 3.76. The van der Waals surface area contributed by atoms with Crippen LogP contribution in [0.1, 0.15) is 25.3 Å². The van der Waals surface area contributed by atoms with E-state index in [2.05, 4.69) is 32.2 Å². The Bertz CT molecular complexity index is 602. The van der Waals surface area contributed by atoms with Crippen LogP contribution in [0.2, 0.25) is 5.15 Å². The molecule has 0 aliphatic carbocycles. The van der Waals surface area contributed by atoms with Gasteiger partial charge < -0.3 is 10.2 Å². The first-order valence-electron chi connectivity index (χ1n) is 7.03. The fraction of sp³-hybridized carbons (Fsp3) is 0.615. The molecule has 7 heteroatoms. The second-order valence-electron chi connectivity index (χ2n) is 5.20. The average molecular weight is 295 g/mol. The number of halogens is 1. The largest absolute Gasteiger partial charge is 0.367 e. The van der Waals surface area contributed by atoms with Gasteiger partial charge in [0.25, 0.3) is 5.78 Å². The quantitative estimate of drug-likeness (QED) is 0.877. The maximum atomic E-state index is 6.17. The van der Waals surface area contributed by atoms with Gasteiger partial charge in [0.05, 0.1) is 0 Å². The zero-order chi connectivity index (χ0) is 14.1. The molecule has 0 atom stereocenters. The van der Waals surface area contributed by atoms with Crippen molar-refractivity contribution in [2.75, 3.05) is 25.0 Å². The van der Waals surface area contributed by atoms with Crippen molar-refractivity contribution in [1.29, 1.82) is 0 Å². The van der Waals surface area contributed by atoms with Gasteiger partial charge in [-0.1, -0.05) is 18.5 Å². The molecule has 0 amide bonds. The Balaban J connectivity index is 1.84. The van der Waals surface area contributed by atoms with Gasteiger partial charge >= 0.3 is 0 Å². The zero-order valence-corrected chi connectivity index (χ0v) is 12.6. The summed E-state index contributed by atoms with van der Waals surface area (Å²) in [6.45, 7) is 7.55. The lowest BCUT2D eigenvalue weighted by Gasteiger charge is -2.32. The summed E-state index contributed by atoms with van der Waals surface area (Å²) < 4.78 is 1.73. The van der Waals surface area contributed by atoms with Crippen molar-refractivity contribution in [3.05, 3.63) is 17.0 Å². The van der Waals surface area contributed by atoms with Crippen LogP contribution in [-0.2, 0) is 0 Å². The number of rotatable bonds is 3. The molecule has 1 N–H and O–H groups in total. The highest BCUT2D eigenvalue weighted by Crippen LogP contribution is 2.24. The number of nitrogens with one attached hydrogen (secondary N) is 1. The van der Waals surface area contributed by atoms with Gasteiger partial charge in [-0.2, -0.15) is 19.6 Å². The number of hydrogen-bond donors (Lipinski definition) is 1. The molecule has 0 spiro atoms. The summed E-state index contributed by atoms with van der Waals surface area (Å²) in [6, 6.07) is 0.447. The van der Waals surface area contributed by atoms with Crippen LogP contribution in [-0.4, -0.2) is 50.2 Å². The van der Waals surface area contributed by atoms with Gasteiger partial charge in [0.15, 0.2) is 0 Å². The highest BCUT2D eigenvalue weighted by atomic mass is 35.5. The van der Waals surface area contributed by atoms with Gasteiger partial charge in [-0.25, -0.2) is 0 Å². The Hall–Kier alpha value is -1.40. The van der Waals surface area contributed by atoms with E-state index in [0.29, 0.717) is 17.0 Å². The zero-order valence-electron chi connectivity index (χ0n) is 11.8. The first kappa shape index (κ1) is 13.6.